The third-order valence-corrected chi connectivity index (χ3v) is 29.0. The van der Waals surface area contributed by atoms with Crippen molar-refractivity contribution in [1.29, 1.82) is 0 Å². The van der Waals surface area contributed by atoms with Gasteiger partial charge >= 0.3 is 0 Å². The van der Waals surface area contributed by atoms with Gasteiger partial charge in [-0.2, -0.15) is 0 Å². The molecule has 0 amide bonds. The van der Waals surface area contributed by atoms with Gasteiger partial charge in [-0.1, -0.05) is 130 Å². The summed E-state index contributed by atoms with van der Waals surface area (Å²) in [6.45, 7) is 35.4. The summed E-state index contributed by atoms with van der Waals surface area (Å²) in [7, 11) is 8.68. The summed E-state index contributed by atoms with van der Waals surface area (Å²) < 4.78 is 9.16. The molecule has 124 heavy (non-hydrogen) atoms. The molecule has 0 fully saturated rings. The number of benzene rings is 8. The van der Waals surface area contributed by atoms with Crippen molar-refractivity contribution in [1.82, 2.24) is 19.9 Å². The summed E-state index contributed by atoms with van der Waals surface area (Å²) in [5.74, 6) is 0. The first kappa shape index (κ1) is 78.2. The summed E-state index contributed by atoms with van der Waals surface area (Å²) in [5, 5.41) is 0. The molecule has 0 saturated heterocycles. The molecular weight excluding hydrogens is 1510 g/mol. The van der Waals surface area contributed by atoms with E-state index in [1.54, 1.807) is 0 Å². The van der Waals surface area contributed by atoms with Gasteiger partial charge in [-0.3, -0.25) is 19.9 Å². The summed E-state index contributed by atoms with van der Waals surface area (Å²) in [6, 6.07) is 64.1. The second kappa shape index (κ2) is 29.3. The number of nitrogens with zero attached hydrogens (tertiary/aromatic N) is 8. The maximum absolute atomic E-state index is 5.24. The smallest absolute Gasteiger partial charge is 0.216 e. The molecule has 24 rings (SSSR count). The molecule has 0 aliphatic heterocycles. The highest BCUT2D eigenvalue weighted by molar-refractivity contribution is 5.91. The number of aromatic nitrogens is 8. The summed E-state index contributed by atoms with van der Waals surface area (Å²) in [4.78, 5) is 21.0. The number of fused-ring (bicyclic) bond motifs is 24. The van der Waals surface area contributed by atoms with Gasteiger partial charge in [0.05, 0.1) is 45.6 Å². The van der Waals surface area contributed by atoms with Gasteiger partial charge in [0, 0.05) is 165 Å². The molecule has 8 aromatic carbocycles. The van der Waals surface area contributed by atoms with Gasteiger partial charge in [0.2, 0.25) is 22.8 Å². The number of rotatable bonds is 4. The lowest BCUT2D eigenvalue weighted by molar-refractivity contribution is -0.660. The molecule has 0 saturated carbocycles. The average molecular weight is 1610 g/mol. The van der Waals surface area contributed by atoms with Crippen molar-refractivity contribution in [2.75, 3.05) is 0 Å². The molecule has 8 heterocycles. The molecule has 0 N–H and O–H groups in total. The topological polar surface area (TPSA) is 67.1 Å². The van der Waals surface area contributed by atoms with Crippen molar-refractivity contribution in [2.45, 2.75) is 162 Å². The highest BCUT2D eigenvalue weighted by atomic mass is 15.0. The normalized spacial score (nSPS) is 13.1. The fourth-order valence-electron chi connectivity index (χ4n) is 22.4. The quantitative estimate of drug-likeness (QED) is 0.165. The minimum absolute atomic E-state index is 0.942. The van der Waals surface area contributed by atoms with E-state index in [-0.39, 0.29) is 0 Å². The van der Waals surface area contributed by atoms with Crippen molar-refractivity contribution in [3.63, 3.8) is 0 Å². The van der Waals surface area contributed by atoms with Gasteiger partial charge in [0.25, 0.3) is 0 Å². The molecule has 608 valence electrons. The van der Waals surface area contributed by atoms with E-state index in [0.29, 0.717) is 0 Å². The molecular formula is C116H108N8+4. The van der Waals surface area contributed by atoms with E-state index in [1.807, 2.05) is 0 Å². The zero-order chi connectivity index (χ0) is 85.8. The van der Waals surface area contributed by atoms with Crippen LogP contribution in [0.3, 0.4) is 0 Å². The Hall–Kier alpha value is -13.0. The highest BCUT2D eigenvalue weighted by Crippen LogP contribution is 2.52. The Kier molecular flexibility index (Phi) is 18.5. The number of pyridine rings is 8. The van der Waals surface area contributed by atoms with E-state index < -0.39 is 0 Å². The van der Waals surface area contributed by atoms with Crippen LogP contribution in [-0.4, -0.2) is 19.9 Å². The SMILES string of the molecule is Cc1cc(C)c(C)c(-c2c3c(cc[n+]2C)-c2nc4c(cc2C3)-c2c(C)cccc2C4)c1.Cc1cc(C)c(C)c(-c2c3c(cc[n+]2C)-c2nc4c(cc2C3)-c2cccc(C)c2C4)c1.Cc1ccc2c(c1)-c1cc3c(nc1C2)-c1cc[n+](C)c(-c2cc(C)cc(C)c2C)c1C3.Cc1ccc2c(c1)Cc1nc3c(cc1-2)Cc1c-3cc[n+](C)c1-c1cc(C)cc(C)c1C. The fraction of sp³-hybridized carbons (Fsp3) is 0.241. The van der Waals surface area contributed by atoms with Crippen LogP contribution in [0.5, 0.6) is 0 Å². The Morgan fingerprint density at radius 2 is 0.532 bits per heavy atom. The van der Waals surface area contributed by atoms with Gasteiger partial charge in [-0.25, -0.2) is 18.3 Å². The van der Waals surface area contributed by atoms with Crippen LogP contribution in [0.4, 0.5) is 0 Å². The fourth-order valence-corrected chi connectivity index (χ4v) is 22.4. The number of aryl methyl sites for hydroxylation is 16. The lowest BCUT2D eigenvalue weighted by Gasteiger charge is -2.12. The molecule has 8 aliphatic rings. The lowest BCUT2D eigenvalue weighted by Crippen LogP contribution is -2.32. The van der Waals surface area contributed by atoms with Gasteiger partial charge in [0.1, 0.15) is 28.2 Å². The summed E-state index contributed by atoms with van der Waals surface area (Å²) >= 11 is 0. The zero-order valence-electron chi connectivity index (χ0n) is 75.7. The minimum Gasteiger partial charge on any atom is -0.252 e. The van der Waals surface area contributed by atoms with Crippen LogP contribution in [0.1, 0.15) is 179 Å². The first-order valence-electron chi connectivity index (χ1n) is 44.5. The van der Waals surface area contributed by atoms with Gasteiger partial charge in [-0.05, 0) is 282 Å². The van der Waals surface area contributed by atoms with Crippen molar-refractivity contribution in [2.24, 2.45) is 28.2 Å². The largest absolute Gasteiger partial charge is 0.252 e. The standard InChI is InChI=1S/4C29H27N2/c1-16-6-7-22-20(11-16)15-27-25(22)13-21-14-26-23(28(21)30-27)8-9-31(5)29(26)24-12-17(2)10-18(3)19(24)4;1-16-6-7-20-15-27-25(24(20)11-16)13-21-14-26-22(28(21)30-27)8-9-31(5)29(26)23-12-17(2)10-18(3)19(23)4;1-16-11-18(3)19(4)24(12-16)29-26-14-20-13-25-21-8-6-7-17(2)23(21)15-27(25)30-28(20)22(26)9-10-31(29)5;1-16-11-18(3)19(4)23(12-16)29-24-13-21-14-25-26(15-20-8-6-7-17(2)27(20)25)30-28(21)22(24)9-10-31(29)5/h3*6-13H,14-15H2,1-5H3;6-12,14H,13,15H2,1-5H3/q4*+1. The third-order valence-electron chi connectivity index (χ3n) is 29.0. The minimum atomic E-state index is 0.942. The Balaban J connectivity index is 0.000000101. The molecule has 0 spiro atoms. The van der Waals surface area contributed by atoms with E-state index >= 15 is 0 Å². The second-order valence-electron chi connectivity index (χ2n) is 37.6. The molecule has 8 nitrogen and oxygen atoms in total. The van der Waals surface area contributed by atoms with Crippen LogP contribution >= 0.6 is 0 Å². The van der Waals surface area contributed by atoms with E-state index in [1.165, 1.54) is 313 Å². The molecule has 8 heteroatoms. The highest BCUT2D eigenvalue weighted by Gasteiger charge is 2.39. The van der Waals surface area contributed by atoms with Crippen LogP contribution in [0.15, 0.2) is 195 Å². The van der Waals surface area contributed by atoms with Crippen LogP contribution < -0.4 is 18.3 Å². The zero-order valence-corrected chi connectivity index (χ0v) is 75.7. The summed E-state index contributed by atoms with van der Waals surface area (Å²) in [6.07, 6.45) is 16.4. The van der Waals surface area contributed by atoms with Crippen LogP contribution in [0.2, 0.25) is 0 Å². The van der Waals surface area contributed by atoms with Gasteiger partial charge < -0.3 is 0 Å². The second-order valence-corrected chi connectivity index (χ2v) is 37.6. The lowest BCUT2D eigenvalue weighted by atomic mass is 9.93. The summed E-state index contributed by atoms with van der Waals surface area (Å²) in [5.41, 5.74) is 74.7. The maximum Gasteiger partial charge on any atom is 0.216 e. The van der Waals surface area contributed by atoms with Crippen molar-refractivity contribution in [3.8, 4) is 135 Å². The van der Waals surface area contributed by atoms with Crippen molar-refractivity contribution >= 4 is 0 Å². The molecule has 0 atom stereocenters. The van der Waals surface area contributed by atoms with E-state index in [4.69, 9.17) is 19.9 Å². The Morgan fingerprint density at radius 3 is 0.960 bits per heavy atom. The predicted octanol–water partition coefficient (Wildman–Crippen LogP) is 23.8. The van der Waals surface area contributed by atoms with Crippen LogP contribution in [-0.2, 0) is 79.6 Å². The predicted molar refractivity (Wildman–Crippen MR) is 505 cm³/mol. The molecule has 8 aliphatic carbocycles. The Labute approximate surface area is 731 Å². The van der Waals surface area contributed by atoms with Crippen LogP contribution in [0, 0.1) is 111 Å². The van der Waals surface area contributed by atoms with E-state index in [0.717, 1.165) is 51.4 Å². The Morgan fingerprint density at radius 1 is 0.202 bits per heavy atom. The van der Waals surface area contributed by atoms with Gasteiger partial charge in [-0.15, -0.1) is 0 Å². The number of hydrogen-bond acceptors (Lipinski definition) is 4. The molecule has 8 aromatic heterocycles. The Bertz CT molecular complexity index is 7380. The maximum atomic E-state index is 5.24. The number of hydrogen-bond donors (Lipinski definition) is 0. The average Bonchev–Trinajstić information content (AvgIpc) is 1.59. The van der Waals surface area contributed by atoms with E-state index in [2.05, 4.69) is 352 Å². The first-order valence-corrected chi connectivity index (χ1v) is 44.5. The molecule has 0 radical (unpaired) electrons. The molecule has 0 bridgehead atoms. The van der Waals surface area contributed by atoms with Crippen molar-refractivity contribution in [3.05, 3.63) is 373 Å². The van der Waals surface area contributed by atoms with E-state index in [9.17, 15) is 0 Å². The van der Waals surface area contributed by atoms with Gasteiger partial charge in [0.15, 0.2) is 24.8 Å². The molecule has 16 aromatic rings. The van der Waals surface area contributed by atoms with Crippen LogP contribution in [0.25, 0.3) is 135 Å². The van der Waals surface area contributed by atoms with Crippen molar-refractivity contribution < 1.29 is 18.3 Å². The first-order chi connectivity index (χ1) is 59.6. The monoisotopic (exact) mass is 1610 g/mol. The third kappa shape index (κ3) is 12.6. The molecule has 0 unspecified atom stereocenters.